The van der Waals surface area contributed by atoms with Crippen LogP contribution in [-0.2, 0) is 4.79 Å². The van der Waals surface area contributed by atoms with Crippen molar-refractivity contribution in [1.29, 1.82) is 0 Å². The summed E-state index contributed by atoms with van der Waals surface area (Å²) in [5.74, 6) is 0.485. The summed E-state index contributed by atoms with van der Waals surface area (Å²) in [5.41, 5.74) is 4.44. The van der Waals surface area contributed by atoms with E-state index in [0.29, 0.717) is 29.3 Å². The normalized spacial score (nSPS) is 11.2. The van der Waals surface area contributed by atoms with Crippen molar-refractivity contribution in [3.05, 3.63) is 79.4 Å². The topological polar surface area (TPSA) is 115 Å². The van der Waals surface area contributed by atoms with E-state index in [1.165, 1.54) is 0 Å². The van der Waals surface area contributed by atoms with Gasteiger partial charge >= 0.3 is 5.97 Å². The lowest BCUT2D eigenvalue weighted by molar-refractivity contribution is -0.139. The number of fused-ring (bicyclic) bond motifs is 1. The van der Waals surface area contributed by atoms with Crippen LogP contribution < -0.4 is 10.1 Å². The average molecular weight is 596 g/mol. The molecule has 0 bridgehead atoms. The molecule has 11 heteroatoms. The number of carboxylic acids is 1. The highest BCUT2D eigenvalue weighted by molar-refractivity contribution is 14.2. The minimum absolute atomic E-state index is 0.421. The molecule has 0 saturated heterocycles. The van der Waals surface area contributed by atoms with Crippen molar-refractivity contribution in [3.63, 3.8) is 0 Å². The molecule has 1 unspecified atom stereocenters. The van der Waals surface area contributed by atoms with Gasteiger partial charge in [0.05, 0.1) is 23.5 Å². The van der Waals surface area contributed by atoms with Crippen LogP contribution in [0, 0.1) is 0 Å². The smallest absolute Gasteiger partial charge is 0.341 e. The largest absolute Gasteiger partial charge is 0.482 e. The minimum atomic E-state index is -1.04. The Morgan fingerprint density at radius 2 is 1.91 bits per heavy atom. The molecule has 35 heavy (non-hydrogen) atoms. The quantitative estimate of drug-likeness (QED) is 0.177. The van der Waals surface area contributed by atoms with Gasteiger partial charge in [0, 0.05) is 35.4 Å². The fourth-order valence-corrected chi connectivity index (χ4v) is 4.55. The van der Waals surface area contributed by atoms with Crippen molar-refractivity contribution < 1.29 is 14.6 Å². The number of ether oxygens (including phenoxy) is 1. The van der Waals surface area contributed by atoms with E-state index in [9.17, 15) is 4.79 Å². The van der Waals surface area contributed by atoms with Crippen molar-refractivity contribution in [3.8, 4) is 28.3 Å². The molecule has 0 amide bonds. The van der Waals surface area contributed by atoms with E-state index in [-0.39, 0.29) is 0 Å². The molecule has 2 N–H and O–H groups in total. The van der Waals surface area contributed by atoms with Gasteiger partial charge in [0.2, 0.25) is 0 Å². The summed E-state index contributed by atoms with van der Waals surface area (Å²) in [5, 5.41) is 17.4. The molecule has 1 atom stereocenters. The molecule has 0 aliphatic heterocycles. The number of carboxylic acid groups (broad SMARTS) is 1. The molecule has 0 spiro atoms. The number of hydrogen-bond acceptors (Lipinski definition) is 7. The van der Waals surface area contributed by atoms with Crippen molar-refractivity contribution in [2.24, 2.45) is 0 Å². The molecule has 0 aliphatic rings. The highest BCUT2D eigenvalue weighted by Gasteiger charge is 2.12. The zero-order valence-corrected chi connectivity index (χ0v) is 21.2. The first-order chi connectivity index (χ1) is 17.1. The Kier molecular flexibility index (Phi) is 6.82. The van der Waals surface area contributed by atoms with Crippen LogP contribution in [0.15, 0.2) is 79.4 Å². The van der Waals surface area contributed by atoms with Gasteiger partial charge in [-0.25, -0.2) is 19.2 Å². The Hall–Kier alpha value is -3.63. The van der Waals surface area contributed by atoms with E-state index in [0.717, 1.165) is 27.7 Å². The van der Waals surface area contributed by atoms with E-state index in [1.807, 2.05) is 53.2 Å². The average Bonchev–Trinajstić information content (AvgIpc) is 3.37. The Labute approximate surface area is 214 Å². The first-order valence-corrected chi connectivity index (χ1v) is 14.5. The van der Waals surface area contributed by atoms with Crippen molar-refractivity contribution in [2.45, 2.75) is 0 Å². The first kappa shape index (κ1) is 23.1. The predicted octanol–water partition coefficient (Wildman–Crippen LogP) is 5.55. The van der Waals surface area contributed by atoms with Gasteiger partial charge in [-0.2, -0.15) is 5.10 Å². The molecule has 9 nitrogen and oxygen atoms in total. The third-order valence-corrected chi connectivity index (χ3v) is 7.00. The zero-order chi connectivity index (χ0) is 24.2. The molecule has 0 aliphatic carbocycles. The Bertz CT molecular complexity index is 1510. The van der Waals surface area contributed by atoms with Gasteiger partial charge in [-0.3, -0.25) is 4.98 Å². The van der Waals surface area contributed by atoms with Crippen molar-refractivity contribution in [1.82, 2.24) is 24.5 Å². The van der Waals surface area contributed by atoms with Gasteiger partial charge in [0.1, 0.15) is 11.6 Å². The van der Waals surface area contributed by atoms with E-state index >= 15 is 0 Å². The molecule has 3 heterocycles. The maximum absolute atomic E-state index is 10.8. The molecule has 0 saturated carbocycles. The summed E-state index contributed by atoms with van der Waals surface area (Å²) >= 11 is 2.30. The van der Waals surface area contributed by atoms with Crippen LogP contribution >= 0.6 is 28.4 Å². The minimum Gasteiger partial charge on any atom is -0.482 e. The van der Waals surface area contributed by atoms with E-state index < -0.39 is 12.6 Å². The number of halogens is 1. The number of nitrogens with zero attached hydrogens (tertiary/aromatic N) is 5. The van der Waals surface area contributed by atoms with Crippen LogP contribution in [0.25, 0.3) is 33.4 Å². The number of rotatable bonds is 8. The summed E-state index contributed by atoms with van der Waals surface area (Å²) in [6, 6.07) is 16.9. The lowest BCUT2D eigenvalue weighted by Gasteiger charge is -2.12. The van der Waals surface area contributed by atoms with Gasteiger partial charge in [0.15, 0.2) is 12.4 Å². The van der Waals surface area contributed by atoms with Crippen LogP contribution in [-0.4, -0.2) is 42.2 Å². The summed E-state index contributed by atoms with van der Waals surface area (Å²) in [4.78, 5) is 24.5. The van der Waals surface area contributed by atoms with Crippen LogP contribution in [0.5, 0.6) is 5.75 Å². The number of anilines is 2. The van der Waals surface area contributed by atoms with Gasteiger partial charge in [0.25, 0.3) is 0 Å². The molecule has 5 rings (SSSR count). The Morgan fingerprint density at radius 3 is 2.69 bits per heavy atom. The number of pyridine rings is 1. The monoisotopic (exact) mass is 596 g/mol. The van der Waals surface area contributed by atoms with E-state index in [1.54, 1.807) is 30.6 Å². The molecule has 0 fully saturated rings. The lowest BCUT2D eigenvalue weighted by atomic mass is 10.1. The third-order valence-electron chi connectivity index (χ3n) is 5.10. The number of benzene rings is 2. The number of carbonyl (C=O) groups is 1. The number of aliphatic carboxylic acids is 1. The van der Waals surface area contributed by atoms with E-state index in [4.69, 9.17) is 14.8 Å². The maximum atomic E-state index is 10.8. The second-order valence-electron chi connectivity index (χ2n) is 7.46. The molecule has 2 aromatic carbocycles. The fraction of sp³-hybridized carbons (Fsp3) is 0.0417. The van der Waals surface area contributed by atoms with Gasteiger partial charge in [-0.1, -0.05) is 24.3 Å². The molecular formula is C24H18IN6O3P. The Morgan fingerprint density at radius 1 is 1.06 bits per heavy atom. The molecule has 3 aromatic heterocycles. The second kappa shape index (κ2) is 10.3. The van der Waals surface area contributed by atoms with Crippen LogP contribution in [0.4, 0.5) is 11.5 Å². The summed E-state index contributed by atoms with van der Waals surface area (Å²) < 4.78 is 7.22. The first-order valence-electron chi connectivity index (χ1n) is 10.4. The maximum Gasteiger partial charge on any atom is 0.341 e. The highest BCUT2D eigenvalue weighted by Crippen LogP contribution is 2.30. The Balaban J connectivity index is 1.46. The SMILES string of the molecule is O=C(O)COc1cccc(-c2nc(Nc3ccc(-c4cnn(PI)c4)cc3)c3cnccc3n2)c1. The summed E-state index contributed by atoms with van der Waals surface area (Å²) in [6.07, 6.45) is 7.85. The molecule has 5 aromatic rings. The van der Waals surface area contributed by atoms with Gasteiger partial charge in [-0.15, -0.1) is 0 Å². The van der Waals surface area contributed by atoms with Gasteiger partial charge < -0.3 is 15.2 Å². The van der Waals surface area contributed by atoms with Crippen LogP contribution in [0.2, 0.25) is 0 Å². The second-order valence-corrected chi connectivity index (χ2v) is 9.53. The van der Waals surface area contributed by atoms with Crippen molar-refractivity contribution in [2.75, 3.05) is 11.9 Å². The number of aromatic nitrogens is 5. The number of nitrogens with one attached hydrogen (secondary N) is 1. The van der Waals surface area contributed by atoms with Crippen LogP contribution in [0.1, 0.15) is 0 Å². The van der Waals surface area contributed by atoms with E-state index in [2.05, 4.69) is 42.4 Å². The fourth-order valence-electron chi connectivity index (χ4n) is 3.47. The van der Waals surface area contributed by atoms with Gasteiger partial charge in [-0.05, 0) is 57.9 Å². The third kappa shape index (κ3) is 5.39. The molecule has 0 radical (unpaired) electrons. The lowest BCUT2D eigenvalue weighted by Crippen LogP contribution is -2.09. The summed E-state index contributed by atoms with van der Waals surface area (Å²) in [6.45, 7) is -0.421. The molecule has 174 valence electrons. The predicted molar refractivity (Wildman–Crippen MR) is 145 cm³/mol. The summed E-state index contributed by atoms with van der Waals surface area (Å²) in [7, 11) is 0. The standard InChI is InChI=1S/C24H18IN6O3P/c25-35-31-13-17(11-27-31)15-4-6-18(7-5-15)28-24-20-12-26-9-8-21(20)29-23(30-24)16-2-1-3-19(10-16)34-14-22(32)33/h1-13,35H,14H2,(H,32,33)(H,28,29,30). The zero-order valence-electron chi connectivity index (χ0n) is 18.1. The molecular weight excluding hydrogens is 578 g/mol. The van der Waals surface area contributed by atoms with Crippen molar-refractivity contribution >= 4 is 56.8 Å². The van der Waals surface area contributed by atoms with Crippen LogP contribution in [0.3, 0.4) is 0 Å². The highest BCUT2D eigenvalue weighted by atomic mass is 127. The number of hydrogen-bond donors (Lipinski definition) is 2.